The first-order valence-electron chi connectivity index (χ1n) is 10.5. The van der Waals surface area contributed by atoms with Gasteiger partial charge in [0.2, 0.25) is 21.8 Å². The lowest BCUT2D eigenvalue weighted by Gasteiger charge is -2.38. The van der Waals surface area contributed by atoms with Gasteiger partial charge in [0.05, 0.1) is 25.2 Å². The summed E-state index contributed by atoms with van der Waals surface area (Å²) >= 11 is 0. The second kappa shape index (κ2) is 10.3. The second-order valence-corrected chi connectivity index (χ2v) is 9.88. The van der Waals surface area contributed by atoms with Crippen molar-refractivity contribution in [2.24, 2.45) is 5.92 Å². The van der Waals surface area contributed by atoms with Crippen LogP contribution in [0, 0.1) is 5.92 Å². The predicted molar refractivity (Wildman–Crippen MR) is 113 cm³/mol. The van der Waals surface area contributed by atoms with Crippen LogP contribution in [-0.2, 0) is 19.6 Å². The van der Waals surface area contributed by atoms with Gasteiger partial charge in [-0.2, -0.15) is 0 Å². The monoisotopic (exact) mass is 437 g/mol. The molecule has 2 unspecified atom stereocenters. The Balaban J connectivity index is 1.48. The fraction of sp³-hybridized carbons (Fsp3) is 0.619. The molecule has 8 nitrogen and oxygen atoms in total. The molecule has 2 aliphatic rings. The Morgan fingerprint density at radius 3 is 2.50 bits per heavy atom. The van der Waals surface area contributed by atoms with Crippen molar-refractivity contribution in [3.05, 3.63) is 30.3 Å². The lowest BCUT2D eigenvalue weighted by molar-refractivity contribution is -0.142. The van der Waals surface area contributed by atoms with Crippen LogP contribution in [-0.4, -0.2) is 75.1 Å². The highest BCUT2D eigenvalue weighted by Gasteiger charge is 2.33. The van der Waals surface area contributed by atoms with E-state index in [1.807, 2.05) is 30.3 Å². The number of carbonyl (C=O) groups is 2. The van der Waals surface area contributed by atoms with E-state index in [1.165, 1.54) is 0 Å². The lowest BCUT2D eigenvalue weighted by atomic mass is 9.94. The van der Waals surface area contributed by atoms with Gasteiger partial charge in [0, 0.05) is 32.2 Å². The number of rotatable bonds is 7. The highest BCUT2D eigenvalue weighted by molar-refractivity contribution is 7.88. The number of piperidine rings is 2. The molecule has 2 atom stereocenters. The molecule has 1 aromatic carbocycles. The Morgan fingerprint density at radius 2 is 1.77 bits per heavy atom. The molecule has 30 heavy (non-hydrogen) atoms. The minimum absolute atomic E-state index is 0.00121. The third-order valence-corrected chi connectivity index (χ3v) is 6.33. The third kappa shape index (κ3) is 6.70. The first-order valence-corrected chi connectivity index (χ1v) is 12.4. The van der Waals surface area contributed by atoms with Crippen LogP contribution in [0.5, 0.6) is 5.75 Å². The molecule has 0 saturated carbocycles. The van der Waals surface area contributed by atoms with Crippen LogP contribution in [0.1, 0.15) is 32.1 Å². The van der Waals surface area contributed by atoms with Gasteiger partial charge in [-0.05, 0) is 37.8 Å². The van der Waals surface area contributed by atoms with E-state index >= 15 is 0 Å². The molecule has 2 fully saturated rings. The molecule has 2 amide bonds. The van der Waals surface area contributed by atoms with E-state index in [0.29, 0.717) is 32.8 Å². The number of hydrogen-bond acceptors (Lipinski definition) is 5. The molecule has 0 spiro atoms. The molecule has 0 radical (unpaired) electrons. The van der Waals surface area contributed by atoms with E-state index in [1.54, 1.807) is 9.80 Å². The van der Waals surface area contributed by atoms with Gasteiger partial charge in [0.1, 0.15) is 5.75 Å². The summed E-state index contributed by atoms with van der Waals surface area (Å²) in [4.78, 5) is 29.1. The number of benzene rings is 1. The predicted octanol–water partition coefficient (Wildman–Crippen LogP) is 1.23. The number of para-hydroxylation sites is 1. The Morgan fingerprint density at radius 1 is 1.07 bits per heavy atom. The zero-order valence-electron chi connectivity index (χ0n) is 17.5. The summed E-state index contributed by atoms with van der Waals surface area (Å²) in [6.07, 6.45) is 4.46. The fourth-order valence-corrected chi connectivity index (χ4v) is 4.97. The van der Waals surface area contributed by atoms with Crippen molar-refractivity contribution in [2.75, 3.05) is 39.0 Å². The van der Waals surface area contributed by atoms with Crippen molar-refractivity contribution >= 4 is 21.8 Å². The first kappa shape index (κ1) is 22.6. The average Bonchev–Trinajstić information content (AvgIpc) is 2.73. The standard InChI is InChI=1S/C21H31N3O5S/c1-30(27,28)22-18-8-6-13-24(16-18)21(26)17-7-5-12-23(15-17)20(25)11-14-29-19-9-3-2-4-10-19/h2-4,9-10,17-18,22H,5-8,11-16H2,1H3. The second-order valence-electron chi connectivity index (χ2n) is 8.10. The van der Waals surface area contributed by atoms with Gasteiger partial charge in [-0.1, -0.05) is 18.2 Å². The summed E-state index contributed by atoms with van der Waals surface area (Å²) in [7, 11) is -3.30. The van der Waals surface area contributed by atoms with E-state index in [0.717, 1.165) is 37.7 Å². The van der Waals surface area contributed by atoms with E-state index < -0.39 is 10.0 Å². The van der Waals surface area contributed by atoms with Crippen molar-refractivity contribution in [3.63, 3.8) is 0 Å². The molecule has 1 aromatic rings. The van der Waals surface area contributed by atoms with Gasteiger partial charge in [0.25, 0.3) is 0 Å². The molecular weight excluding hydrogens is 406 g/mol. The molecule has 2 saturated heterocycles. The number of carbonyl (C=O) groups excluding carboxylic acids is 2. The maximum absolute atomic E-state index is 13.0. The lowest BCUT2D eigenvalue weighted by Crippen LogP contribution is -2.53. The number of hydrogen-bond donors (Lipinski definition) is 1. The van der Waals surface area contributed by atoms with E-state index in [4.69, 9.17) is 4.74 Å². The Labute approximate surface area is 178 Å². The number of sulfonamides is 1. The highest BCUT2D eigenvalue weighted by atomic mass is 32.2. The van der Waals surface area contributed by atoms with Gasteiger partial charge < -0.3 is 14.5 Å². The van der Waals surface area contributed by atoms with Crippen molar-refractivity contribution in [3.8, 4) is 5.75 Å². The van der Waals surface area contributed by atoms with Crippen molar-refractivity contribution in [1.82, 2.24) is 14.5 Å². The van der Waals surface area contributed by atoms with Crippen LogP contribution >= 0.6 is 0 Å². The highest BCUT2D eigenvalue weighted by Crippen LogP contribution is 2.22. The van der Waals surface area contributed by atoms with Gasteiger partial charge in [0.15, 0.2) is 0 Å². The summed E-state index contributed by atoms with van der Waals surface area (Å²) in [5.41, 5.74) is 0. The Kier molecular flexibility index (Phi) is 7.71. The normalized spacial score (nSPS) is 22.6. The van der Waals surface area contributed by atoms with E-state index in [2.05, 4.69) is 4.72 Å². The minimum Gasteiger partial charge on any atom is -0.493 e. The van der Waals surface area contributed by atoms with E-state index in [-0.39, 0.29) is 30.2 Å². The molecular formula is C21H31N3O5S. The van der Waals surface area contributed by atoms with Gasteiger partial charge >= 0.3 is 0 Å². The zero-order chi connectivity index (χ0) is 21.6. The molecule has 1 N–H and O–H groups in total. The van der Waals surface area contributed by atoms with Gasteiger partial charge in [-0.15, -0.1) is 0 Å². The molecule has 2 aliphatic heterocycles. The van der Waals surface area contributed by atoms with E-state index in [9.17, 15) is 18.0 Å². The summed E-state index contributed by atoms with van der Waals surface area (Å²) in [5.74, 6) is 0.529. The maximum atomic E-state index is 13.0. The largest absolute Gasteiger partial charge is 0.493 e. The molecule has 0 bridgehead atoms. The summed E-state index contributed by atoms with van der Waals surface area (Å²) in [6.45, 7) is 2.41. The SMILES string of the molecule is CS(=O)(=O)NC1CCCN(C(=O)C2CCCN(C(=O)CCOc3ccccc3)C2)C1. The molecule has 9 heteroatoms. The topological polar surface area (TPSA) is 96.0 Å². The molecule has 166 valence electrons. The van der Waals surface area contributed by atoms with Gasteiger partial charge in [-0.25, -0.2) is 13.1 Å². The zero-order valence-corrected chi connectivity index (χ0v) is 18.3. The van der Waals surface area contributed by atoms with Crippen LogP contribution in [0.25, 0.3) is 0 Å². The number of nitrogens with zero attached hydrogens (tertiary/aromatic N) is 2. The van der Waals surface area contributed by atoms with Crippen LogP contribution in [0.15, 0.2) is 30.3 Å². The van der Waals surface area contributed by atoms with Crippen molar-refractivity contribution < 1.29 is 22.7 Å². The quantitative estimate of drug-likeness (QED) is 0.692. The average molecular weight is 438 g/mol. The number of amides is 2. The smallest absolute Gasteiger partial charge is 0.227 e. The van der Waals surface area contributed by atoms with Crippen LogP contribution in [0.2, 0.25) is 0 Å². The Hall–Kier alpha value is -2.13. The van der Waals surface area contributed by atoms with Gasteiger partial charge in [-0.3, -0.25) is 9.59 Å². The first-order chi connectivity index (χ1) is 14.3. The molecule has 0 aliphatic carbocycles. The maximum Gasteiger partial charge on any atom is 0.227 e. The third-order valence-electron chi connectivity index (χ3n) is 5.57. The fourth-order valence-electron chi connectivity index (χ4n) is 4.17. The van der Waals surface area contributed by atoms with Crippen molar-refractivity contribution in [1.29, 1.82) is 0 Å². The van der Waals surface area contributed by atoms with Crippen LogP contribution in [0.4, 0.5) is 0 Å². The van der Waals surface area contributed by atoms with Crippen molar-refractivity contribution in [2.45, 2.75) is 38.1 Å². The summed E-state index contributed by atoms with van der Waals surface area (Å²) < 4.78 is 31.2. The van der Waals surface area contributed by atoms with Crippen LogP contribution in [0.3, 0.4) is 0 Å². The molecule has 2 heterocycles. The molecule has 3 rings (SSSR count). The summed E-state index contributed by atoms with van der Waals surface area (Å²) in [5, 5.41) is 0. The van der Waals surface area contributed by atoms with Crippen LogP contribution < -0.4 is 9.46 Å². The molecule has 0 aromatic heterocycles. The number of ether oxygens (including phenoxy) is 1. The summed E-state index contributed by atoms with van der Waals surface area (Å²) in [6, 6.07) is 9.14. The number of likely N-dealkylation sites (tertiary alicyclic amines) is 2. The number of nitrogens with one attached hydrogen (secondary N) is 1. The minimum atomic E-state index is -3.30. The Bertz CT molecular complexity index is 830.